The van der Waals surface area contributed by atoms with Gasteiger partial charge in [0.1, 0.15) is 5.82 Å². The Balaban J connectivity index is 1.49. The van der Waals surface area contributed by atoms with Crippen molar-refractivity contribution in [2.45, 2.75) is 36.0 Å². The lowest BCUT2D eigenvalue weighted by molar-refractivity contribution is -0.120. The molecular weight excluding hydrogens is 395 g/mol. The van der Waals surface area contributed by atoms with Gasteiger partial charge in [-0.25, -0.2) is 4.39 Å². The number of rotatable bonds is 8. The average molecular weight is 417 g/mol. The molecule has 3 aromatic rings. The summed E-state index contributed by atoms with van der Waals surface area (Å²) < 4.78 is 13.8. The molecule has 0 saturated carbocycles. The Labute approximate surface area is 171 Å². The van der Waals surface area contributed by atoms with E-state index in [9.17, 15) is 9.18 Å². The topological polar surface area (TPSA) is 66.9 Å². The molecule has 0 unspecified atom stereocenters. The molecule has 0 aliphatic rings. The maximum atomic E-state index is 13.0. The lowest BCUT2D eigenvalue weighted by atomic mass is 10.1. The second-order valence-electron chi connectivity index (χ2n) is 6.25. The lowest BCUT2D eigenvalue weighted by Crippen LogP contribution is -2.33. The quantitative estimate of drug-likeness (QED) is 0.524. The normalized spacial score (nSPS) is 13.0. The number of aromatic nitrogens is 2. The maximum absolute atomic E-state index is 13.0. The van der Waals surface area contributed by atoms with Crippen LogP contribution in [0.4, 0.5) is 9.52 Å². The van der Waals surface area contributed by atoms with Crippen molar-refractivity contribution < 1.29 is 9.18 Å². The van der Waals surface area contributed by atoms with Crippen molar-refractivity contribution >= 4 is 34.1 Å². The molecule has 1 amide bonds. The zero-order chi connectivity index (χ0) is 19.9. The minimum Gasteiger partial charge on any atom is -0.356 e. The van der Waals surface area contributed by atoms with E-state index < -0.39 is 0 Å². The van der Waals surface area contributed by atoms with Gasteiger partial charge in [-0.05, 0) is 37.1 Å². The van der Waals surface area contributed by atoms with E-state index in [1.54, 1.807) is 12.1 Å². The predicted molar refractivity (Wildman–Crippen MR) is 112 cm³/mol. The van der Waals surface area contributed by atoms with Gasteiger partial charge in [0.05, 0.1) is 11.3 Å². The summed E-state index contributed by atoms with van der Waals surface area (Å²) in [6.07, 6.45) is 0. The molecule has 2 atom stereocenters. The zero-order valence-electron chi connectivity index (χ0n) is 15.6. The molecule has 3 rings (SSSR count). The SMILES string of the molecule is C[C@H](Sc1nnc(NCc2ccccc2)s1)C(=O)N[C@H](C)c1ccc(F)cc1. The van der Waals surface area contributed by atoms with Gasteiger partial charge in [-0.2, -0.15) is 0 Å². The molecular formula is C20H21FN4OS2. The number of amides is 1. The largest absolute Gasteiger partial charge is 0.356 e. The summed E-state index contributed by atoms with van der Waals surface area (Å²) in [6, 6.07) is 16.0. The van der Waals surface area contributed by atoms with Crippen LogP contribution < -0.4 is 10.6 Å². The second-order valence-corrected chi connectivity index (χ2v) is 8.82. The van der Waals surface area contributed by atoms with Gasteiger partial charge in [-0.15, -0.1) is 10.2 Å². The molecule has 0 spiro atoms. The third-order valence-electron chi connectivity index (χ3n) is 4.07. The lowest BCUT2D eigenvalue weighted by Gasteiger charge is -2.17. The number of hydrogen-bond donors (Lipinski definition) is 2. The minimum absolute atomic E-state index is 0.101. The molecule has 2 aromatic carbocycles. The van der Waals surface area contributed by atoms with E-state index in [4.69, 9.17) is 0 Å². The van der Waals surface area contributed by atoms with Crippen LogP contribution in [0.25, 0.3) is 0 Å². The van der Waals surface area contributed by atoms with Crippen LogP contribution in [-0.4, -0.2) is 21.4 Å². The van der Waals surface area contributed by atoms with Crippen molar-refractivity contribution in [1.29, 1.82) is 0 Å². The second kappa shape index (κ2) is 9.66. The van der Waals surface area contributed by atoms with Crippen molar-refractivity contribution in [3.05, 3.63) is 71.5 Å². The summed E-state index contributed by atoms with van der Waals surface area (Å²) in [5.41, 5.74) is 2.02. The fourth-order valence-corrected chi connectivity index (χ4v) is 4.37. The Morgan fingerprint density at radius 3 is 2.54 bits per heavy atom. The van der Waals surface area contributed by atoms with Crippen LogP contribution >= 0.6 is 23.1 Å². The standard InChI is InChI=1S/C20H21FN4OS2/c1-13(16-8-10-17(21)11-9-16)23-18(26)14(2)27-20-25-24-19(28-20)22-12-15-6-4-3-5-7-15/h3-11,13-14H,12H2,1-2H3,(H,22,24)(H,23,26)/t13-,14+/m1/s1. The Kier molecular flexibility index (Phi) is 7.00. The van der Waals surface area contributed by atoms with Crippen molar-refractivity contribution in [1.82, 2.24) is 15.5 Å². The molecule has 0 radical (unpaired) electrons. The third kappa shape index (κ3) is 5.77. The number of hydrogen-bond acceptors (Lipinski definition) is 6. The van der Waals surface area contributed by atoms with Crippen LogP contribution in [0, 0.1) is 5.82 Å². The van der Waals surface area contributed by atoms with Gasteiger partial charge in [0.15, 0.2) is 4.34 Å². The summed E-state index contributed by atoms with van der Waals surface area (Å²) in [6.45, 7) is 4.38. The van der Waals surface area contributed by atoms with Crippen LogP contribution in [0.5, 0.6) is 0 Å². The zero-order valence-corrected chi connectivity index (χ0v) is 17.2. The molecule has 146 valence electrons. The van der Waals surface area contributed by atoms with Crippen LogP contribution in [-0.2, 0) is 11.3 Å². The molecule has 5 nitrogen and oxygen atoms in total. The van der Waals surface area contributed by atoms with E-state index in [2.05, 4.69) is 20.8 Å². The van der Waals surface area contributed by atoms with Gasteiger partial charge >= 0.3 is 0 Å². The van der Waals surface area contributed by atoms with E-state index in [-0.39, 0.29) is 23.0 Å². The first kappa shape index (κ1) is 20.3. The van der Waals surface area contributed by atoms with Gasteiger partial charge in [0.25, 0.3) is 0 Å². The van der Waals surface area contributed by atoms with E-state index in [0.29, 0.717) is 6.54 Å². The van der Waals surface area contributed by atoms with Crippen molar-refractivity contribution in [2.75, 3.05) is 5.32 Å². The summed E-state index contributed by atoms with van der Waals surface area (Å²) in [5, 5.41) is 14.9. The average Bonchev–Trinajstić information content (AvgIpc) is 3.15. The van der Waals surface area contributed by atoms with Crippen molar-refractivity contribution in [2.24, 2.45) is 0 Å². The minimum atomic E-state index is -0.321. The fraction of sp³-hybridized carbons (Fsp3) is 0.250. The Bertz CT molecular complexity index is 902. The predicted octanol–water partition coefficient (Wildman–Crippen LogP) is 4.65. The summed E-state index contributed by atoms with van der Waals surface area (Å²) >= 11 is 2.79. The van der Waals surface area contributed by atoms with Gasteiger partial charge < -0.3 is 10.6 Å². The number of halogens is 1. The number of carbonyl (C=O) groups excluding carboxylic acids is 1. The molecule has 1 aromatic heterocycles. The Morgan fingerprint density at radius 1 is 1.11 bits per heavy atom. The van der Waals surface area contributed by atoms with Crippen molar-refractivity contribution in [3.8, 4) is 0 Å². The van der Waals surface area contributed by atoms with Gasteiger partial charge in [0.2, 0.25) is 11.0 Å². The highest BCUT2D eigenvalue weighted by Crippen LogP contribution is 2.29. The molecule has 0 aliphatic carbocycles. The first-order valence-electron chi connectivity index (χ1n) is 8.85. The monoisotopic (exact) mass is 416 g/mol. The van der Waals surface area contributed by atoms with Crippen LogP contribution in [0.3, 0.4) is 0 Å². The van der Waals surface area contributed by atoms with Crippen molar-refractivity contribution in [3.63, 3.8) is 0 Å². The number of nitrogens with one attached hydrogen (secondary N) is 2. The molecule has 28 heavy (non-hydrogen) atoms. The van der Waals surface area contributed by atoms with Gasteiger partial charge in [-0.3, -0.25) is 4.79 Å². The number of benzene rings is 2. The maximum Gasteiger partial charge on any atom is 0.233 e. The van der Waals surface area contributed by atoms with E-state index >= 15 is 0 Å². The summed E-state index contributed by atoms with van der Waals surface area (Å²) in [7, 11) is 0. The molecule has 0 fully saturated rings. The van der Waals surface area contributed by atoms with Gasteiger partial charge in [-0.1, -0.05) is 65.6 Å². The van der Waals surface area contributed by atoms with Gasteiger partial charge in [0, 0.05) is 6.54 Å². The van der Waals surface area contributed by atoms with E-state index in [1.807, 2.05) is 44.2 Å². The highest BCUT2D eigenvalue weighted by atomic mass is 32.2. The number of thioether (sulfide) groups is 1. The summed E-state index contributed by atoms with van der Waals surface area (Å²) in [5.74, 6) is -0.394. The smallest absolute Gasteiger partial charge is 0.233 e. The number of anilines is 1. The van der Waals surface area contributed by atoms with Crippen LogP contribution in [0.1, 0.15) is 31.0 Å². The first-order valence-corrected chi connectivity index (χ1v) is 10.5. The number of carbonyl (C=O) groups is 1. The summed E-state index contributed by atoms with van der Waals surface area (Å²) in [4.78, 5) is 12.5. The molecule has 0 saturated heterocycles. The molecule has 0 bridgehead atoms. The van der Waals surface area contributed by atoms with E-state index in [1.165, 1.54) is 35.2 Å². The molecule has 1 heterocycles. The highest BCUT2D eigenvalue weighted by Gasteiger charge is 2.19. The van der Waals surface area contributed by atoms with Crippen LogP contribution in [0.15, 0.2) is 58.9 Å². The Hall–Kier alpha value is -2.45. The fourth-order valence-electron chi connectivity index (χ4n) is 2.47. The highest BCUT2D eigenvalue weighted by molar-refractivity contribution is 8.02. The molecule has 8 heteroatoms. The third-order valence-corrected chi connectivity index (χ3v) is 6.13. The van der Waals surface area contributed by atoms with Crippen LogP contribution in [0.2, 0.25) is 0 Å². The molecule has 2 N–H and O–H groups in total. The first-order chi connectivity index (χ1) is 13.5. The Morgan fingerprint density at radius 2 is 1.82 bits per heavy atom. The van der Waals surface area contributed by atoms with E-state index in [0.717, 1.165) is 20.6 Å². The molecule has 0 aliphatic heterocycles. The number of nitrogens with zero attached hydrogens (tertiary/aromatic N) is 2.